The summed E-state index contributed by atoms with van der Waals surface area (Å²) in [6.45, 7) is 6.58. The van der Waals surface area contributed by atoms with Crippen molar-refractivity contribution in [1.82, 2.24) is 9.80 Å². The van der Waals surface area contributed by atoms with Gasteiger partial charge in [-0.3, -0.25) is 4.79 Å². The van der Waals surface area contributed by atoms with Gasteiger partial charge in [0, 0.05) is 19.1 Å². The van der Waals surface area contributed by atoms with Crippen LogP contribution in [0.25, 0.3) is 0 Å². The van der Waals surface area contributed by atoms with Crippen molar-refractivity contribution in [2.75, 3.05) is 26.7 Å². The van der Waals surface area contributed by atoms with E-state index in [0.29, 0.717) is 6.04 Å². The summed E-state index contributed by atoms with van der Waals surface area (Å²) in [7, 11) is 2.09. The number of rotatable bonds is 3. The first kappa shape index (κ1) is 11.5. The molecule has 0 aromatic rings. The number of likely N-dealkylation sites (N-methyl/N-ethyl adjacent to an activating group) is 2. The minimum absolute atomic E-state index is 0.0767. The van der Waals surface area contributed by atoms with Crippen molar-refractivity contribution in [1.29, 1.82) is 0 Å². The lowest BCUT2D eigenvalue weighted by atomic mass is 10.2. The Morgan fingerprint density at radius 2 is 2.36 bits per heavy atom. The molecule has 0 saturated carbocycles. The van der Waals surface area contributed by atoms with Gasteiger partial charge in [-0.15, -0.1) is 0 Å². The maximum atomic E-state index is 11.8. The summed E-state index contributed by atoms with van der Waals surface area (Å²) < 4.78 is 0. The van der Waals surface area contributed by atoms with E-state index in [4.69, 9.17) is 5.73 Å². The number of amides is 1. The lowest BCUT2D eigenvalue weighted by molar-refractivity contribution is -0.134. The quantitative estimate of drug-likeness (QED) is 0.690. The van der Waals surface area contributed by atoms with Crippen LogP contribution in [0.15, 0.2) is 0 Å². The molecular formula is C10H21N3O. The van der Waals surface area contributed by atoms with Crippen LogP contribution in [0.1, 0.15) is 20.3 Å². The Morgan fingerprint density at radius 3 is 2.71 bits per heavy atom. The van der Waals surface area contributed by atoms with Crippen LogP contribution in [0.5, 0.6) is 0 Å². The van der Waals surface area contributed by atoms with E-state index in [1.54, 1.807) is 6.92 Å². The fraction of sp³-hybridized carbons (Fsp3) is 0.900. The lowest BCUT2D eigenvalue weighted by Crippen LogP contribution is -2.48. The van der Waals surface area contributed by atoms with Crippen LogP contribution in [0, 0.1) is 0 Å². The fourth-order valence-corrected chi connectivity index (χ4v) is 2.02. The molecule has 1 aliphatic rings. The van der Waals surface area contributed by atoms with Gasteiger partial charge in [0.2, 0.25) is 5.91 Å². The Morgan fingerprint density at radius 1 is 1.71 bits per heavy atom. The molecule has 0 aromatic carbocycles. The molecule has 1 saturated heterocycles. The first-order valence-corrected chi connectivity index (χ1v) is 5.30. The van der Waals surface area contributed by atoms with E-state index in [1.807, 2.05) is 11.8 Å². The normalized spacial score (nSPS) is 25.0. The number of carbonyl (C=O) groups excluding carboxylic acids is 1. The molecule has 1 amide bonds. The third kappa shape index (κ3) is 2.45. The number of hydrogen-bond donors (Lipinski definition) is 1. The van der Waals surface area contributed by atoms with E-state index in [2.05, 4.69) is 11.9 Å². The number of nitrogens with two attached hydrogens (primary N) is 1. The Balaban J connectivity index is 2.58. The van der Waals surface area contributed by atoms with E-state index in [1.165, 1.54) is 0 Å². The Kier molecular flexibility index (Phi) is 3.89. The molecule has 0 aliphatic carbocycles. The average Bonchev–Trinajstić information content (AvgIpc) is 2.53. The van der Waals surface area contributed by atoms with Gasteiger partial charge in [0.1, 0.15) is 0 Å². The van der Waals surface area contributed by atoms with Gasteiger partial charge in [-0.05, 0) is 33.9 Å². The SMILES string of the molecule is CCN(C(=O)C(C)N)[C@H]1CCN(C)C1. The summed E-state index contributed by atoms with van der Waals surface area (Å²) >= 11 is 0. The van der Waals surface area contributed by atoms with Gasteiger partial charge in [-0.25, -0.2) is 0 Å². The summed E-state index contributed by atoms with van der Waals surface area (Å²) in [4.78, 5) is 15.9. The highest BCUT2D eigenvalue weighted by molar-refractivity contribution is 5.81. The summed E-state index contributed by atoms with van der Waals surface area (Å²) in [5.74, 6) is 0.0767. The van der Waals surface area contributed by atoms with E-state index >= 15 is 0 Å². The second-order valence-electron chi connectivity index (χ2n) is 4.12. The maximum absolute atomic E-state index is 11.8. The number of carbonyl (C=O) groups is 1. The monoisotopic (exact) mass is 199 g/mol. The molecule has 14 heavy (non-hydrogen) atoms. The van der Waals surface area contributed by atoms with Crippen LogP contribution in [-0.4, -0.2) is 54.5 Å². The Hall–Kier alpha value is -0.610. The zero-order valence-electron chi connectivity index (χ0n) is 9.36. The molecule has 1 fully saturated rings. The topological polar surface area (TPSA) is 49.6 Å². The van der Waals surface area contributed by atoms with Crippen LogP contribution in [0.3, 0.4) is 0 Å². The summed E-state index contributed by atoms with van der Waals surface area (Å²) in [6.07, 6.45) is 1.07. The predicted octanol–water partition coefficient (Wildman–Crippen LogP) is -0.114. The minimum Gasteiger partial charge on any atom is -0.337 e. The smallest absolute Gasteiger partial charge is 0.239 e. The molecule has 1 heterocycles. The molecule has 0 aromatic heterocycles. The molecule has 4 nitrogen and oxygen atoms in total. The van der Waals surface area contributed by atoms with Crippen LogP contribution in [0.4, 0.5) is 0 Å². The summed E-state index contributed by atoms with van der Waals surface area (Å²) in [5, 5.41) is 0. The number of nitrogens with zero attached hydrogens (tertiary/aromatic N) is 2. The zero-order valence-corrected chi connectivity index (χ0v) is 9.36. The van der Waals surface area contributed by atoms with Gasteiger partial charge in [0.25, 0.3) is 0 Å². The molecule has 82 valence electrons. The van der Waals surface area contributed by atoms with E-state index in [0.717, 1.165) is 26.1 Å². The molecule has 0 bridgehead atoms. The van der Waals surface area contributed by atoms with E-state index < -0.39 is 0 Å². The maximum Gasteiger partial charge on any atom is 0.239 e. The highest BCUT2D eigenvalue weighted by Gasteiger charge is 2.29. The van der Waals surface area contributed by atoms with Crippen molar-refractivity contribution < 1.29 is 4.79 Å². The fourth-order valence-electron chi connectivity index (χ4n) is 2.02. The van der Waals surface area contributed by atoms with Gasteiger partial charge < -0.3 is 15.5 Å². The highest BCUT2D eigenvalue weighted by Crippen LogP contribution is 2.14. The van der Waals surface area contributed by atoms with Gasteiger partial charge in [0.15, 0.2) is 0 Å². The molecule has 1 rings (SSSR count). The predicted molar refractivity (Wildman–Crippen MR) is 56.9 cm³/mol. The van der Waals surface area contributed by atoms with Crippen LogP contribution >= 0.6 is 0 Å². The second-order valence-corrected chi connectivity index (χ2v) is 4.12. The minimum atomic E-state index is -0.374. The zero-order chi connectivity index (χ0) is 10.7. The molecule has 2 atom stereocenters. The number of hydrogen-bond acceptors (Lipinski definition) is 3. The Labute approximate surface area is 86.0 Å². The highest BCUT2D eigenvalue weighted by atomic mass is 16.2. The van der Waals surface area contributed by atoms with Crippen LogP contribution in [0.2, 0.25) is 0 Å². The van der Waals surface area contributed by atoms with Crippen LogP contribution in [-0.2, 0) is 4.79 Å². The summed E-state index contributed by atoms with van der Waals surface area (Å²) in [5.41, 5.74) is 5.61. The van der Waals surface area contributed by atoms with Crippen molar-refractivity contribution in [3.63, 3.8) is 0 Å². The molecule has 0 radical (unpaired) electrons. The van der Waals surface area contributed by atoms with Crippen molar-refractivity contribution in [2.45, 2.75) is 32.4 Å². The third-order valence-corrected chi connectivity index (χ3v) is 2.82. The molecule has 2 N–H and O–H groups in total. The van der Waals surface area contributed by atoms with Crippen molar-refractivity contribution in [2.24, 2.45) is 5.73 Å². The standard InChI is InChI=1S/C10H21N3O/c1-4-13(10(14)8(2)11)9-5-6-12(3)7-9/h8-9H,4-7,11H2,1-3H3/t8?,9-/m0/s1. The third-order valence-electron chi connectivity index (χ3n) is 2.82. The van der Waals surface area contributed by atoms with Crippen LogP contribution < -0.4 is 5.73 Å². The van der Waals surface area contributed by atoms with E-state index in [9.17, 15) is 4.79 Å². The van der Waals surface area contributed by atoms with Gasteiger partial charge in [-0.2, -0.15) is 0 Å². The molecule has 1 aliphatic heterocycles. The number of likely N-dealkylation sites (tertiary alicyclic amines) is 1. The molecule has 0 spiro atoms. The molecular weight excluding hydrogens is 178 g/mol. The van der Waals surface area contributed by atoms with Crippen molar-refractivity contribution in [3.05, 3.63) is 0 Å². The van der Waals surface area contributed by atoms with Gasteiger partial charge in [0.05, 0.1) is 6.04 Å². The largest absolute Gasteiger partial charge is 0.337 e. The first-order valence-electron chi connectivity index (χ1n) is 5.30. The van der Waals surface area contributed by atoms with Gasteiger partial charge in [-0.1, -0.05) is 0 Å². The average molecular weight is 199 g/mol. The first-order chi connectivity index (χ1) is 6.56. The summed E-state index contributed by atoms with van der Waals surface area (Å²) in [6, 6.07) is -0.00986. The molecule has 4 heteroatoms. The Bertz CT molecular complexity index is 206. The van der Waals surface area contributed by atoms with E-state index in [-0.39, 0.29) is 11.9 Å². The van der Waals surface area contributed by atoms with Crippen molar-refractivity contribution >= 4 is 5.91 Å². The van der Waals surface area contributed by atoms with Crippen molar-refractivity contribution in [3.8, 4) is 0 Å². The van der Waals surface area contributed by atoms with Gasteiger partial charge >= 0.3 is 0 Å². The molecule has 1 unspecified atom stereocenters. The lowest BCUT2D eigenvalue weighted by Gasteiger charge is -2.29. The second kappa shape index (κ2) is 4.75.